The molecule has 1 aliphatic heterocycles. The first kappa shape index (κ1) is 16.1. The summed E-state index contributed by atoms with van der Waals surface area (Å²) >= 11 is 0. The zero-order valence-electron chi connectivity index (χ0n) is 11.7. The lowest BCUT2D eigenvalue weighted by Crippen LogP contribution is -2.28. The number of halogens is 3. The van der Waals surface area contributed by atoms with Crippen LogP contribution in [0.2, 0.25) is 0 Å². The fraction of sp³-hybridized carbons (Fsp3) is 0.143. The van der Waals surface area contributed by atoms with Crippen LogP contribution >= 0.6 is 7.14 Å². The molecule has 2 aromatic carbocycles. The average molecular weight is 362 g/mol. The number of alkyl halides is 3. The molecule has 0 radical (unpaired) electrons. The van der Waals surface area contributed by atoms with E-state index in [0.717, 1.165) is 6.07 Å². The standard InChI is InChI=1S/C14H10F3O4PS/c1-22(18)12-5-3-2-4-10(12)11-8-9(6-7-13(11)22)21-23(19,20)14(15,16)17/h2-8H,1H3. The third-order valence-electron chi connectivity index (χ3n) is 3.57. The van der Waals surface area contributed by atoms with Gasteiger partial charge in [-0.05, 0) is 36.0 Å². The highest BCUT2D eigenvalue weighted by atomic mass is 32.2. The van der Waals surface area contributed by atoms with E-state index in [-0.39, 0.29) is 0 Å². The maximum Gasteiger partial charge on any atom is 0.534 e. The van der Waals surface area contributed by atoms with E-state index in [1.54, 1.807) is 30.9 Å². The van der Waals surface area contributed by atoms with E-state index in [0.29, 0.717) is 21.7 Å². The highest BCUT2D eigenvalue weighted by molar-refractivity contribution is 7.88. The zero-order valence-corrected chi connectivity index (χ0v) is 13.4. The maximum atomic E-state index is 12.9. The molecule has 0 N–H and O–H groups in total. The lowest BCUT2D eigenvalue weighted by atomic mass is 10.1. The van der Waals surface area contributed by atoms with Gasteiger partial charge in [0, 0.05) is 10.6 Å². The fourth-order valence-electron chi connectivity index (χ4n) is 2.53. The molecule has 0 saturated heterocycles. The molecule has 122 valence electrons. The molecular formula is C14H10F3O4PS. The summed E-state index contributed by atoms with van der Waals surface area (Å²) in [6.07, 6.45) is 0. The number of hydrogen-bond acceptors (Lipinski definition) is 4. The summed E-state index contributed by atoms with van der Waals surface area (Å²) in [5.41, 5.74) is -4.49. The van der Waals surface area contributed by atoms with Crippen LogP contribution in [-0.4, -0.2) is 20.6 Å². The first-order valence-electron chi connectivity index (χ1n) is 6.37. The number of hydrogen-bond donors (Lipinski definition) is 0. The van der Waals surface area contributed by atoms with Gasteiger partial charge in [-0.15, -0.1) is 0 Å². The van der Waals surface area contributed by atoms with Crippen LogP contribution in [0, 0.1) is 0 Å². The second kappa shape index (κ2) is 4.85. The molecule has 0 amide bonds. The van der Waals surface area contributed by atoms with E-state index >= 15 is 0 Å². The van der Waals surface area contributed by atoms with Gasteiger partial charge in [0.25, 0.3) is 0 Å². The molecule has 0 fully saturated rings. The summed E-state index contributed by atoms with van der Waals surface area (Å²) in [5, 5.41) is 1.06. The molecule has 3 rings (SSSR count). The summed E-state index contributed by atoms with van der Waals surface area (Å²) in [6.45, 7) is 1.56. The Morgan fingerprint density at radius 1 is 1.00 bits per heavy atom. The third kappa shape index (κ3) is 2.46. The van der Waals surface area contributed by atoms with Crippen LogP contribution < -0.4 is 14.8 Å². The Bertz CT molecular complexity index is 951. The van der Waals surface area contributed by atoms with Crippen LogP contribution in [0.25, 0.3) is 11.1 Å². The topological polar surface area (TPSA) is 60.4 Å². The van der Waals surface area contributed by atoms with E-state index in [2.05, 4.69) is 4.18 Å². The Balaban J connectivity index is 2.12. The minimum atomic E-state index is -5.74. The van der Waals surface area contributed by atoms with Gasteiger partial charge in [-0.1, -0.05) is 24.3 Å². The lowest BCUT2D eigenvalue weighted by Gasteiger charge is -2.11. The van der Waals surface area contributed by atoms with Crippen molar-refractivity contribution in [2.75, 3.05) is 6.66 Å². The maximum absolute atomic E-state index is 12.9. The Morgan fingerprint density at radius 2 is 1.61 bits per heavy atom. The highest BCUT2D eigenvalue weighted by Gasteiger charge is 2.48. The van der Waals surface area contributed by atoms with Crippen molar-refractivity contribution in [3.8, 4) is 16.9 Å². The summed E-state index contributed by atoms with van der Waals surface area (Å²) in [7, 11) is -8.60. The third-order valence-corrected chi connectivity index (χ3v) is 7.17. The van der Waals surface area contributed by atoms with Gasteiger partial charge in [0.05, 0.1) is 0 Å². The van der Waals surface area contributed by atoms with Crippen molar-refractivity contribution < 1.29 is 30.3 Å². The highest BCUT2D eigenvalue weighted by Crippen LogP contribution is 2.50. The molecule has 1 heterocycles. The Hall–Kier alpha value is -1.79. The van der Waals surface area contributed by atoms with Gasteiger partial charge >= 0.3 is 15.6 Å². The second-order valence-electron chi connectivity index (χ2n) is 5.10. The number of rotatable bonds is 2. The molecule has 1 aliphatic rings. The monoisotopic (exact) mass is 362 g/mol. The number of fused-ring (bicyclic) bond motifs is 3. The molecule has 0 spiro atoms. The molecule has 0 aromatic heterocycles. The molecule has 1 atom stereocenters. The minimum absolute atomic E-state index is 0.418. The van der Waals surface area contributed by atoms with Gasteiger partial charge in [-0.2, -0.15) is 21.6 Å². The molecule has 23 heavy (non-hydrogen) atoms. The SMILES string of the molecule is CP1(=O)c2ccccc2-c2cc(OS(=O)(=O)C(F)(F)F)ccc21. The quantitative estimate of drug-likeness (QED) is 0.468. The Labute approximate surface area is 130 Å². The van der Waals surface area contributed by atoms with Gasteiger partial charge in [0.1, 0.15) is 12.9 Å². The predicted molar refractivity (Wildman–Crippen MR) is 80.3 cm³/mol. The van der Waals surface area contributed by atoms with Crippen molar-refractivity contribution in [3.05, 3.63) is 42.5 Å². The van der Waals surface area contributed by atoms with Crippen LogP contribution in [0.3, 0.4) is 0 Å². The van der Waals surface area contributed by atoms with Gasteiger partial charge in [0.2, 0.25) is 0 Å². The molecule has 0 aliphatic carbocycles. The Morgan fingerprint density at radius 3 is 2.26 bits per heavy atom. The van der Waals surface area contributed by atoms with Crippen molar-refractivity contribution in [1.82, 2.24) is 0 Å². The van der Waals surface area contributed by atoms with Crippen molar-refractivity contribution >= 4 is 27.9 Å². The fourth-order valence-corrected chi connectivity index (χ4v) is 5.27. The summed E-state index contributed by atoms with van der Waals surface area (Å²) in [5.74, 6) is -0.474. The second-order valence-corrected chi connectivity index (χ2v) is 9.45. The van der Waals surface area contributed by atoms with Gasteiger partial charge in [-0.3, -0.25) is 0 Å². The van der Waals surface area contributed by atoms with Crippen LogP contribution in [0.4, 0.5) is 13.2 Å². The Kier molecular flexibility index (Phi) is 3.39. The van der Waals surface area contributed by atoms with Gasteiger partial charge in [-0.25, -0.2) is 0 Å². The van der Waals surface area contributed by atoms with E-state index in [1.165, 1.54) is 12.1 Å². The van der Waals surface area contributed by atoms with Crippen LogP contribution in [0.15, 0.2) is 42.5 Å². The van der Waals surface area contributed by atoms with Crippen LogP contribution in [0.1, 0.15) is 0 Å². The molecule has 2 aromatic rings. The van der Waals surface area contributed by atoms with Crippen molar-refractivity contribution in [3.63, 3.8) is 0 Å². The predicted octanol–water partition coefficient (Wildman–Crippen LogP) is 2.84. The van der Waals surface area contributed by atoms with E-state index in [1.807, 2.05) is 0 Å². The molecular weight excluding hydrogens is 352 g/mol. The summed E-state index contributed by atoms with van der Waals surface area (Å²) in [4.78, 5) is 0. The first-order valence-corrected chi connectivity index (χ1v) is 9.93. The minimum Gasteiger partial charge on any atom is -0.376 e. The zero-order chi connectivity index (χ0) is 17.0. The molecule has 0 bridgehead atoms. The number of benzene rings is 2. The summed E-state index contributed by atoms with van der Waals surface area (Å²) < 4.78 is 76.4. The van der Waals surface area contributed by atoms with E-state index in [4.69, 9.17) is 0 Å². The smallest absolute Gasteiger partial charge is 0.376 e. The largest absolute Gasteiger partial charge is 0.534 e. The van der Waals surface area contributed by atoms with Crippen molar-refractivity contribution in [2.24, 2.45) is 0 Å². The molecule has 0 saturated carbocycles. The van der Waals surface area contributed by atoms with Crippen LogP contribution in [-0.2, 0) is 14.7 Å². The van der Waals surface area contributed by atoms with E-state index < -0.39 is 28.5 Å². The summed E-state index contributed by atoms with van der Waals surface area (Å²) in [6, 6.07) is 10.4. The molecule has 4 nitrogen and oxygen atoms in total. The van der Waals surface area contributed by atoms with E-state index in [9.17, 15) is 26.2 Å². The lowest BCUT2D eigenvalue weighted by molar-refractivity contribution is -0.0500. The first-order chi connectivity index (χ1) is 10.5. The van der Waals surface area contributed by atoms with Gasteiger partial charge in [0.15, 0.2) is 0 Å². The van der Waals surface area contributed by atoms with Crippen molar-refractivity contribution in [1.29, 1.82) is 0 Å². The normalized spacial score (nSPS) is 20.0. The van der Waals surface area contributed by atoms with Crippen LogP contribution in [0.5, 0.6) is 5.75 Å². The van der Waals surface area contributed by atoms with Gasteiger partial charge < -0.3 is 8.75 Å². The molecule has 1 unspecified atom stereocenters. The van der Waals surface area contributed by atoms with Crippen molar-refractivity contribution in [2.45, 2.75) is 5.51 Å². The average Bonchev–Trinajstić information content (AvgIpc) is 2.66. The molecule has 9 heteroatoms.